The number of hydrogen-bond donors (Lipinski definition) is 2. The van der Waals surface area contributed by atoms with Crippen LogP contribution in [0.2, 0.25) is 0 Å². The Bertz CT molecular complexity index is 640. The molecule has 0 saturated heterocycles. The number of nitrogens with two attached hydrogens (primary N) is 1. The smallest absolute Gasteiger partial charge is 0.129 e. The number of nitrogen functional groups attached to an aromatic ring is 1. The third-order valence-electron chi connectivity index (χ3n) is 2.95. The summed E-state index contributed by atoms with van der Waals surface area (Å²) in [4.78, 5) is 6.31. The molecular formula is C15H17FN4. The summed E-state index contributed by atoms with van der Waals surface area (Å²) in [7, 11) is 1.87. The van der Waals surface area contributed by atoms with Crippen LogP contribution in [0, 0.1) is 18.2 Å². The van der Waals surface area contributed by atoms with Crippen molar-refractivity contribution in [1.29, 1.82) is 5.41 Å². The van der Waals surface area contributed by atoms with E-state index in [9.17, 15) is 4.39 Å². The van der Waals surface area contributed by atoms with Gasteiger partial charge in [0, 0.05) is 24.8 Å². The quantitative estimate of drug-likeness (QED) is 0.663. The second-order valence-electron chi connectivity index (χ2n) is 4.76. The zero-order valence-corrected chi connectivity index (χ0v) is 11.5. The molecule has 4 nitrogen and oxygen atoms in total. The predicted octanol–water partition coefficient (Wildman–Crippen LogP) is 2.45. The maximum Gasteiger partial charge on any atom is 0.129 e. The Kier molecular flexibility index (Phi) is 3.98. The van der Waals surface area contributed by atoms with E-state index in [1.165, 1.54) is 12.1 Å². The van der Waals surface area contributed by atoms with Crippen molar-refractivity contribution in [2.45, 2.75) is 13.5 Å². The van der Waals surface area contributed by atoms with Crippen LogP contribution >= 0.6 is 0 Å². The number of anilines is 1. The number of aromatic nitrogens is 1. The second kappa shape index (κ2) is 5.69. The van der Waals surface area contributed by atoms with Gasteiger partial charge in [-0.25, -0.2) is 9.37 Å². The van der Waals surface area contributed by atoms with E-state index in [4.69, 9.17) is 11.1 Å². The third-order valence-corrected chi connectivity index (χ3v) is 2.95. The van der Waals surface area contributed by atoms with Crippen LogP contribution in [0.4, 0.5) is 10.2 Å². The normalized spacial score (nSPS) is 10.3. The van der Waals surface area contributed by atoms with Crippen LogP contribution in [0.15, 0.2) is 36.4 Å². The van der Waals surface area contributed by atoms with Crippen LogP contribution in [-0.2, 0) is 6.54 Å². The average Bonchev–Trinajstić information content (AvgIpc) is 2.37. The van der Waals surface area contributed by atoms with Crippen molar-refractivity contribution >= 4 is 11.7 Å². The van der Waals surface area contributed by atoms with Gasteiger partial charge in [0.25, 0.3) is 0 Å². The first-order chi connectivity index (χ1) is 9.45. The number of amidine groups is 1. The molecule has 1 aromatic heterocycles. The molecule has 104 valence electrons. The average molecular weight is 272 g/mol. The van der Waals surface area contributed by atoms with Crippen molar-refractivity contribution < 1.29 is 4.39 Å². The van der Waals surface area contributed by atoms with Crippen LogP contribution < -0.4 is 10.6 Å². The Labute approximate surface area is 117 Å². The highest BCUT2D eigenvalue weighted by Crippen LogP contribution is 2.16. The van der Waals surface area contributed by atoms with Gasteiger partial charge in [-0.2, -0.15) is 0 Å². The number of aryl methyl sites for hydroxylation is 1. The standard InChI is InChI=1S/C15H17FN4/c1-10-6-12(15(17)18)8-14(19-10)20(2)9-11-4-3-5-13(16)7-11/h3-8H,9H2,1-2H3,(H3,17,18). The molecule has 1 heterocycles. The fourth-order valence-corrected chi connectivity index (χ4v) is 1.99. The molecule has 0 aliphatic carbocycles. The van der Waals surface area contributed by atoms with Gasteiger partial charge in [-0.3, -0.25) is 5.41 Å². The molecule has 0 amide bonds. The lowest BCUT2D eigenvalue weighted by molar-refractivity contribution is 0.625. The Morgan fingerprint density at radius 2 is 2.10 bits per heavy atom. The van der Waals surface area contributed by atoms with Gasteiger partial charge in [0.1, 0.15) is 17.5 Å². The van der Waals surface area contributed by atoms with E-state index in [1.54, 1.807) is 18.2 Å². The van der Waals surface area contributed by atoms with E-state index < -0.39 is 0 Å². The molecule has 0 aliphatic heterocycles. The SMILES string of the molecule is Cc1cc(C(=N)N)cc(N(C)Cc2cccc(F)c2)n1. The number of halogens is 1. The Hall–Kier alpha value is -2.43. The molecule has 0 fully saturated rings. The molecule has 0 spiro atoms. The van der Waals surface area contributed by atoms with Gasteiger partial charge in [-0.05, 0) is 36.8 Å². The maximum atomic E-state index is 13.2. The number of nitrogens with zero attached hydrogens (tertiary/aromatic N) is 2. The van der Waals surface area contributed by atoms with Gasteiger partial charge < -0.3 is 10.6 Å². The van der Waals surface area contributed by atoms with Gasteiger partial charge >= 0.3 is 0 Å². The first kappa shape index (κ1) is 14.0. The van der Waals surface area contributed by atoms with E-state index >= 15 is 0 Å². The van der Waals surface area contributed by atoms with Crippen LogP contribution in [-0.4, -0.2) is 17.9 Å². The van der Waals surface area contributed by atoms with Gasteiger partial charge in [0.15, 0.2) is 0 Å². The van der Waals surface area contributed by atoms with E-state index in [-0.39, 0.29) is 11.7 Å². The Morgan fingerprint density at radius 1 is 1.35 bits per heavy atom. The molecule has 0 atom stereocenters. The minimum Gasteiger partial charge on any atom is -0.384 e. The number of benzene rings is 1. The molecule has 2 rings (SSSR count). The summed E-state index contributed by atoms with van der Waals surface area (Å²) in [5.74, 6) is 0.466. The Morgan fingerprint density at radius 3 is 2.75 bits per heavy atom. The monoisotopic (exact) mass is 272 g/mol. The predicted molar refractivity (Wildman–Crippen MR) is 78.5 cm³/mol. The summed E-state index contributed by atoms with van der Waals surface area (Å²) in [6, 6.07) is 9.99. The highest BCUT2D eigenvalue weighted by molar-refractivity contribution is 5.95. The van der Waals surface area contributed by atoms with Crippen molar-refractivity contribution in [1.82, 2.24) is 4.98 Å². The minimum atomic E-state index is -0.252. The number of nitrogens with one attached hydrogen (secondary N) is 1. The number of rotatable bonds is 4. The summed E-state index contributed by atoms with van der Waals surface area (Å²) < 4.78 is 13.2. The van der Waals surface area contributed by atoms with Gasteiger partial charge in [-0.15, -0.1) is 0 Å². The summed E-state index contributed by atoms with van der Waals surface area (Å²) in [5, 5.41) is 7.50. The van der Waals surface area contributed by atoms with Crippen molar-refractivity contribution in [2.24, 2.45) is 5.73 Å². The number of pyridine rings is 1. The van der Waals surface area contributed by atoms with E-state index in [0.717, 1.165) is 11.3 Å². The molecule has 2 aromatic rings. The van der Waals surface area contributed by atoms with E-state index in [2.05, 4.69) is 4.98 Å². The van der Waals surface area contributed by atoms with Gasteiger partial charge in [0.2, 0.25) is 0 Å². The van der Waals surface area contributed by atoms with Gasteiger partial charge in [-0.1, -0.05) is 12.1 Å². The van der Waals surface area contributed by atoms with Crippen LogP contribution in [0.25, 0.3) is 0 Å². The van der Waals surface area contributed by atoms with Crippen molar-refractivity contribution in [2.75, 3.05) is 11.9 Å². The largest absolute Gasteiger partial charge is 0.384 e. The topological polar surface area (TPSA) is 66.0 Å². The fourth-order valence-electron chi connectivity index (χ4n) is 1.99. The molecule has 0 aliphatic rings. The molecular weight excluding hydrogens is 255 g/mol. The molecule has 0 bridgehead atoms. The van der Waals surface area contributed by atoms with Crippen molar-refractivity contribution in [3.63, 3.8) is 0 Å². The van der Waals surface area contributed by atoms with E-state index in [0.29, 0.717) is 17.9 Å². The minimum absolute atomic E-state index is 0.0101. The molecule has 20 heavy (non-hydrogen) atoms. The molecule has 1 aromatic carbocycles. The molecule has 0 radical (unpaired) electrons. The van der Waals surface area contributed by atoms with Crippen molar-refractivity contribution in [3.8, 4) is 0 Å². The Balaban J connectivity index is 2.25. The van der Waals surface area contributed by atoms with E-state index in [1.807, 2.05) is 24.9 Å². The molecule has 5 heteroatoms. The highest BCUT2D eigenvalue weighted by Gasteiger charge is 2.08. The summed E-state index contributed by atoms with van der Waals surface area (Å²) in [5.41, 5.74) is 7.80. The summed E-state index contributed by atoms with van der Waals surface area (Å²) >= 11 is 0. The summed E-state index contributed by atoms with van der Waals surface area (Å²) in [6.07, 6.45) is 0. The number of hydrogen-bond acceptors (Lipinski definition) is 3. The maximum absolute atomic E-state index is 13.2. The fraction of sp³-hybridized carbons (Fsp3) is 0.200. The lowest BCUT2D eigenvalue weighted by atomic mass is 10.2. The first-order valence-corrected chi connectivity index (χ1v) is 6.24. The lowest BCUT2D eigenvalue weighted by Crippen LogP contribution is -2.20. The first-order valence-electron chi connectivity index (χ1n) is 6.24. The third kappa shape index (κ3) is 3.32. The second-order valence-corrected chi connectivity index (χ2v) is 4.76. The molecule has 3 N–H and O–H groups in total. The summed E-state index contributed by atoms with van der Waals surface area (Å²) in [6.45, 7) is 2.39. The van der Waals surface area contributed by atoms with Crippen LogP contribution in [0.5, 0.6) is 0 Å². The van der Waals surface area contributed by atoms with Crippen LogP contribution in [0.3, 0.4) is 0 Å². The zero-order valence-electron chi connectivity index (χ0n) is 11.5. The lowest BCUT2D eigenvalue weighted by Gasteiger charge is -2.19. The van der Waals surface area contributed by atoms with Crippen molar-refractivity contribution in [3.05, 3.63) is 59.0 Å². The zero-order chi connectivity index (χ0) is 14.7. The molecule has 0 saturated carbocycles. The van der Waals surface area contributed by atoms with Crippen LogP contribution in [0.1, 0.15) is 16.8 Å². The molecule has 0 unspecified atom stereocenters. The highest BCUT2D eigenvalue weighted by atomic mass is 19.1. The van der Waals surface area contributed by atoms with Gasteiger partial charge in [0.05, 0.1) is 0 Å².